The van der Waals surface area contributed by atoms with Crippen molar-refractivity contribution >= 4 is 34.2 Å². The topological polar surface area (TPSA) is 83.2 Å². The molecule has 164 valence electrons. The van der Waals surface area contributed by atoms with Crippen molar-refractivity contribution in [3.8, 4) is 23.0 Å². The van der Waals surface area contributed by atoms with Crippen molar-refractivity contribution in [3.05, 3.63) is 94.1 Å². The summed E-state index contributed by atoms with van der Waals surface area (Å²) in [5.74, 6) is -1.24. The Kier molecular flexibility index (Phi) is 5.23. The van der Waals surface area contributed by atoms with E-state index in [0.717, 1.165) is 17.5 Å². The Morgan fingerprint density at radius 1 is 0.970 bits per heavy atom. The monoisotopic (exact) mass is 463 g/mol. The molecule has 0 aliphatic rings. The van der Waals surface area contributed by atoms with E-state index >= 15 is 0 Å². The van der Waals surface area contributed by atoms with Crippen molar-refractivity contribution in [2.75, 3.05) is 0 Å². The summed E-state index contributed by atoms with van der Waals surface area (Å²) in [5.41, 5.74) is 1.53. The van der Waals surface area contributed by atoms with Crippen LogP contribution in [-0.2, 0) is 0 Å². The molecule has 5 aromatic rings. The number of aromatic nitrogens is 1. The quantitative estimate of drug-likeness (QED) is 0.332. The van der Waals surface area contributed by atoms with Crippen LogP contribution in [0.15, 0.2) is 86.6 Å². The number of thiazole rings is 1. The highest BCUT2D eigenvalue weighted by molar-refractivity contribution is 7.07. The van der Waals surface area contributed by atoms with Gasteiger partial charge in [-0.2, -0.15) is 5.10 Å². The second kappa shape index (κ2) is 8.36. The van der Waals surface area contributed by atoms with Crippen LogP contribution in [0, 0.1) is 11.6 Å². The van der Waals surface area contributed by atoms with E-state index in [9.17, 15) is 19.0 Å². The van der Waals surface area contributed by atoms with Crippen LogP contribution in [0.5, 0.6) is 11.5 Å². The summed E-state index contributed by atoms with van der Waals surface area (Å²) < 4.78 is 34.9. The first-order valence-corrected chi connectivity index (χ1v) is 10.6. The lowest BCUT2D eigenvalue weighted by Gasteiger charge is -2.03. The van der Waals surface area contributed by atoms with Gasteiger partial charge in [0.2, 0.25) is 4.80 Å². The van der Waals surface area contributed by atoms with Crippen LogP contribution in [0.2, 0.25) is 0 Å². The lowest BCUT2D eigenvalue weighted by Crippen LogP contribution is -2.11. The fraction of sp³-hybridized carbons (Fsp3) is 0. The first-order valence-electron chi connectivity index (χ1n) is 9.73. The van der Waals surface area contributed by atoms with Gasteiger partial charge in [0, 0.05) is 28.5 Å². The Morgan fingerprint density at radius 3 is 2.61 bits per heavy atom. The van der Waals surface area contributed by atoms with Gasteiger partial charge in [-0.05, 0) is 36.4 Å². The van der Waals surface area contributed by atoms with E-state index in [0.29, 0.717) is 27.4 Å². The molecule has 0 spiro atoms. The van der Waals surface area contributed by atoms with Gasteiger partial charge in [-0.3, -0.25) is 0 Å². The first-order chi connectivity index (χ1) is 16.0. The molecule has 0 atom stereocenters. The number of aromatic hydroxyl groups is 2. The van der Waals surface area contributed by atoms with Gasteiger partial charge in [-0.1, -0.05) is 18.2 Å². The van der Waals surface area contributed by atoms with Crippen LogP contribution in [-0.4, -0.2) is 21.1 Å². The third kappa shape index (κ3) is 4.13. The number of nitrogens with zero attached hydrogens (tertiary/aromatic N) is 3. The molecule has 6 nitrogen and oxygen atoms in total. The van der Waals surface area contributed by atoms with Gasteiger partial charge in [0.05, 0.1) is 6.21 Å². The number of para-hydroxylation sites is 1. The maximum absolute atomic E-state index is 14.2. The Balaban J connectivity index is 1.68. The second-order valence-electron chi connectivity index (χ2n) is 7.06. The fourth-order valence-corrected chi connectivity index (χ4v) is 4.03. The Bertz CT molecular complexity index is 1550. The third-order valence-corrected chi connectivity index (χ3v) is 5.63. The zero-order valence-corrected chi connectivity index (χ0v) is 17.6. The molecule has 3 aromatic carbocycles. The van der Waals surface area contributed by atoms with E-state index in [1.165, 1.54) is 46.5 Å². The normalized spacial score (nSPS) is 12.2. The van der Waals surface area contributed by atoms with Crippen molar-refractivity contribution in [2.45, 2.75) is 0 Å². The molecule has 0 saturated carbocycles. The molecular formula is C24H15F2N3O3S. The molecule has 0 fully saturated rings. The number of phenolic OH excluding ortho intramolecular Hbond substituents is 2. The predicted molar refractivity (Wildman–Crippen MR) is 122 cm³/mol. The second-order valence-corrected chi connectivity index (χ2v) is 7.90. The maximum atomic E-state index is 14.2. The molecule has 9 heteroatoms. The summed E-state index contributed by atoms with van der Waals surface area (Å²) >= 11 is 1.19. The van der Waals surface area contributed by atoms with E-state index in [2.05, 4.69) is 10.1 Å². The molecule has 2 aromatic heterocycles. The van der Waals surface area contributed by atoms with Crippen LogP contribution >= 0.6 is 11.3 Å². The van der Waals surface area contributed by atoms with Crippen molar-refractivity contribution in [1.82, 2.24) is 4.68 Å². The average Bonchev–Trinajstić information content (AvgIpc) is 3.39. The third-order valence-electron chi connectivity index (χ3n) is 4.82. The molecule has 0 saturated heterocycles. The van der Waals surface area contributed by atoms with Crippen molar-refractivity contribution in [2.24, 2.45) is 10.1 Å². The Hall–Kier alpha value is -4.24. The minimum absolute atomic E-state index is 0.0502. The summed E-state index contributed by atoms with van der Waals surface area (Å²) in [6, 6.07) is 16.6. The standard InChI is InChI=1S/C24H15F2N3O3S/c25-16-6-8-19(18(26)10-16)28-24-29(27-12-15-5-7-17(30)11-21(15)31)20(13-33-24)23-9-14-3-1-2-4-22(14)32-23/h1-13,30-31H. The van der Waals surface area contributed by atoms with E-state index in [1.807, 2.05) is 30.3 Å². The van der Waals surface area contributed by atoms with Gasteiger partial charge in [-0.25, -0.2) is 18.4 Å². The van der Waals surface area contributed by atoms with E-state index in [4.69, 9.17) is 4.42 Å². The highest BCUT2D eigenvalue weighted by atomic mass is 32.1. The van der Waals surface area contributed by atoms with Gasteiger partial charge in [0.25, 0.3) is 0 Å². The molecule has 33 heavy (non-hydrogen) atoms. The first kappa shape index (κ1) is 20.7. The lowest BCUT2D eigenvalue weighted by molar-refractivity contribution is 0.450. The SMILES string of the molecule is Oc1ccc(C=Nn2c(-c3cc4ccccc4o3)csc2=Nc2ccc(F)cc2F)c(O)c1. The van der Waals surface area contributed by atoms with Crippen LogP contribution in [0.1, 0.15) is 5.56 Å². The summed E-state index contributed by atoms with van der Waals surface area (Å²) in [4.78, 5) is 4.61. The number of benzene rings is 3. The minimum atomic E-state index is -0.805. The summed E-state index contributed by atoms with van der Waals surface area (Å²) in [6.45, 7) is 0. The van der Waals surface area contributed by atoms with E-state index < -0.39 is 11.6 Å². The molecule has 0 aliphatic carbocycles. The van der Waals surface area contributed by atoms with Gasteiger partial charge >= 0.3 is 0 Å². The number of furan rings is 1. The van der Waals surface area contributed by atoms with Gasteiger partial charge in [0.1, 0.15) is 34.3 Å². The molecule has 0 amide bonds. The van der Waals surface area contributed by atoms with E-state index in [1.54, 1.807) is 5.38 Å². The van der Waals surface area contributed by atoms with Crippen LogP contribution in [0.4, 0.5) is 14.5 Å². The molecule has 2 N–H and O–H groups in total. The lowest BCUT2D eigenvalue weighted by atomic mass is 10.2. The largest absolute Gasteiger partial charge is 0.508 e. The zero-order valence-electron chi connectivity index (χ0n) is 16.8. The Morgan fingerprint density at radius 2 is 1.82 bits per heavy atom. The van der Waals surface area contributed by atoms with Gasteiger partial charge in [-0.15, -0.1) is 11.3 Å². The van der Waals surface area contributed by atoms with Crippen LogP contribution in [0.3, 0.4) is 0 Å². The Labute approximate surface area is 189 Å². The summed E-state index contributed by atoms with van der Waals surface area (Å²) in [6.07, 6.45) is 1.38. The zero-order chi connectivity index (χ0) is 22.9. The number of phenols is 2. The van der Waals surface area contributed by atoms with E-state index in [-0.39, 0.29) is 17.2 Å². The molecule has 0 unspecified atom stereocenters. The molecule has 2 heterocycles. The molecule has 0 bridgehead atoms. The minimum Gasteiger partial charge on any atom is -0.508 e. The number of fused-ring (bicyclic) bond motifs is 1. The number of hydrogen-bond acceptors (Lipinski definition) is 6. The molecule has 0 radical (unpaired) electrons. The van der Waals surface area contributed by atoms with Gasteiger partial charge in [0.15, 0.2) is 11.6 Å². The smallest absolute Gasteiger partial charge is 0.211 e. The average molecular weight is 463 g/mol. The maximum Gasteiger partial charge on any atom is 0.211 e. The predicted octanol–water partition coefficient (Wildman–Crippen LogP) is 5.77. The summed E-state index contributed by atoms with van der Waals surface area (Å²) in [5, 5.41) is 26.7. The van der Waals surface area contributed by atoms with Crippen molar-refractivity contribution in [3.63, 3.8) is 0 Å². The highest BCUT2D eigenvalue weighted by Crippen LogP contribution is 2.29. The highest BCUT2D eigenvalue weighted by Gasteiger charge is 2.14. The number of halogens is 2. The molecule has 5 rings (SSSR count). The van der Waals surface area contributed by atoms with Gasteiger partial charge < -0.3 is 14.6 Å². The van der Waals surface area contributed by atoms with Crippen molar-refractivity contribution < 1.29 is 23.4 Å². The number of rotatable bonds is 4. The molecular weight excluding hydrogens is 448 g/mol. The molecule has 0 aliphatic heterocycles. The number of hydrogen-bond donors (Lipinski definition) is 2. The summed E-state index contributed by atoms with van der Waals surface area (Å²) in [7, 11) is 0. The van der Waals surface area contributed by atoms with Crippen molar-refractivity contribution in [1.29, 1.82) is 0 Å². The van der Waals surface area contributed by atoms with Crippen LogP contribution < -0.4 is 4.80 Å². The fourth-order valence-electron chi connectivity index (χ4n) is 3.20. The van der Waals surface area contributed by atoms with Crippen LogP contribution in [0.25, 0.3) is 22.4 Å².